The predicted molar refractivity (Wildman–Crippen MR) is 199 cm³/mol. The number of rotatable bonds is 13. The second-order valence-electron chi connectivity index (χ2n) is 10.5. The molecule has 0 aliphatic carbocycles. The van der Waals surface area contributed by atoms with Gasteiger partial charge in [0.1, 0.15) is 17.8 Å². The highest BCUT2D eigenvalue weighted by Gasteiger charge is 2.14. The molecule has 0 fully saturated rings. The molecule has 0 unspecified atom stereocenters. The number of ether oxygens (including phenoxy) is 5. The van der Waals surface area contributed by atoms with Gasteiger partial charge in [-0.05, 0) is 91.2 Å². The molecule has 0 bridgehead atoms. The third-order valence-electron chi connectivity index (χ3n) is 6.51. The minimum atomic E-state index is -0.706. The lowest BCUT2D eigenvalue weighted by Crippen LogP contribution is -2.10. The number of hydrogen-bond acceptors (Lipinski definition) is 10. The first-order valence-corrected chi connectivity index (χ1v) is 15.7. The van der Waals surface area contributed by atoms with Crippen LogP contribution < -0.4 is 18.9 Å². The van der Waals surface area contributed by atoms with Crippen molar-refractivity contribution >= 4 is 30.2 Å². The van der Waals surface area contributed by atoms with E-state index in [1.807, 2.05) is 43.3 Å². The standard InChI is InChI=1S/C28H24O7.C11H10O3.C3H6/c1-4-26(29)34-24-15-6-19(18-25(24)35-27(30)5-2)16-17-33-28(31)22-9-7-20(8-10-22)21-11-13-23(32-3)14-12-21;1-8(2)11(13)14-10-5-3-9(7-12)4-6-10;1-3-2/h4-15,18H,1-2,16-17H2,3H3;3-7H,1H2,2H3;3H,1H2,2H3. The van der Waals surface area contributed by atoms with Crippen molar-refractivity contribution in [3.05, 3.63) is 158 Å². The van der Waals surface area contributed by atoms with Gasteiger partial charge in [0, 0.05) is 29.7 Å². The van der Waals surface area contributed by atoms with Crippen LogP contribution in [0.2, 0.25) is 0 Å². The molecule has 4 rings (SSSR count). The molecular weight excluding hydrogens is 664 g/mol. The number of hydrogen-bond donors (Lipinski definition) is 0. The van der Waals surface area contributed by atoms with E-state index in [9.17, 15) is 24.0 Å². The van der Waals surface area contributed by atoms with Crippen LogP contribution in [0.5, 0.6) is 23.0 Å². The number of carbonyl (C=O) groups is 5. The lowest BCUT2D eigenvalue weighted by molar-refractivity contribution is -0.131. The van der Waals surface area contributed by atoms with Gasteiger partial charge in [-0.15, -0.1) is 6.58 Å². The molecular formula is C42H40O10. The fourth-order valence-electron chi connectivity index (χ4n) is 3.91. The maximum Gasteiger partial charge on any atom is 0.338 e. The third-order valence-corrected chi connectivity index (χ3v) is 6.51. The molecule has 0 radical (unpaired) electrons. The van der Waals surface area contributed by atoms with Crippen LogP contribution in [-0.2, 0) is 25.5 Å². The highest BCUT2D eigenvalue weighted by molar-refractivity contribution is 5.90. The first-order chi connectivity index (χ1) is 25.0. The van der Waals surface area contributed by atoms with Gasteiger partial charge < -0.3 is 23.7 Å². The summed E-state index contributed by atoms with van der Waals surface area (Å²) >= 11 is 0. The molecule has 268 valence electrons. The molecule has 0 saturated carbocycles. The molecule has 0 amide bonds. The molecule has 0 saturated heterocycles. The minimum Gasteiger partial charge on any atom is -0.497 e. The largest absolute Gasteiger partial charge is 0.497 e. The Bertz CT molecular complexity index is 1870. The summed E-state index contributed by atoms with van der Waals surface area (Å²) in [5.41, 5.74) is 3.97. The average molecular weight is 705 g/mol. The minimum absolute atomic E-state index is 0.0445. The van der Waals surface area contributed by atoms with Crippen LogP contribution >= 0.6 is 0 Å². The highest BCUT2D eigenvalue weighted by Crippen LogP contribution is 2.29. The van der Waals surface area contributed by atoms with Crippen molar-refractivity contribution in [2.45, 2.75) is 20.3 Å². The van der Waals surface area contributed by atoms with E-state index in [1.54, 1.807) is 62.6 Å². The van der Waals surface area contributed by atoms with Gasteiger partial charge in [0.15, 0.2) is 11.5 Å². The van der Waals surface area contributed by atoms with Crippen molar-refractivity contribution in [3.8, 4) is 34.1 Å². The number of esters is 4. The van der Waals surface area contributed by atoms with Gasteiger partial charge in [-0.3, -0.25) is 4.79 Å². The maximum atomic E-state index is 12.4. The van der Waals surface area contributed by atoms with Crippen LogP contribution in [0.15, 0.2) is 141 Å². The number of allylic oxidation sites excluding steroid dienone is 1. The summed E-state index contributed by atoms with van der Waals surface area (Å²) < 4.78 is 25.7. The van der Waals surface area contributed by atoms with Gasteiger partial charge in [-0.25, -0.2) is 19.2 Å². The van der Waals surface area contributed by atoms with E-state index in [-0.39, 0.29) is 18.1 Å². The first kappa shape index (κ1) is 41.4. The molecule has 0 aromatic heterocycles. The van der Waals surface area contributed by atoms with Crippen LogP contribution in [0.25, 0.3) is 11.1 Å². The molecule has 4 aromatic rings. The van der Waals surface area contributed by atoms with Crippen LogP contribution in [0.4, 0.5) is 0 Å². The normalized spacial score (nSPS) is 9.52. The molecule has 10 nitrogen and oxygen atoms in total. The molecule has 0 heterocycles. The zero-order chi connectivity index (χ0) is 38.5. The van der Waals surface area contributed by atoms with Gasteiger partial charge in [-0.1, -0.05) is 56.1 Å². The highest BCUT2D eigenvalue weighted by atomic mass is 16.6. The van der Waals surface area contributed by atoms with Gasteiger partial charge in [0.05, 0.1) is 19.3 Å². The molecule has 4 aromatic carbocycles. The van der Waals surface area contributed by atoms with Gasteiger partial charge in [0.25, 0.3) is 0 Å². The summed E-state index contributed by atoms with van der Waals surface area (Å²) in [7, 11) is 1.61. The maximum absolute atomic E-state index is 12.4. The lowest BCUT2D eigenvalue weighted by atomic mass is 10.0. The van der Waals surface area contributed by atoms with Crippen molar-refractivity contribution in [3.63, 3.8) is 0 Å². The molecule has 0 atom stereocenters. The average Bonchev–Trinajstić information content (AvgIpc) is 3.16. The van der Waals surface area contributed by atoms with Crippen molar-refractivity contribution in [2.24, 2.45) is 0 Å². The third kappa shape index (κ3) is 14.0. The summed E-state index contributed by atoms with van der Waals surface area (Å²) in [5.74, 6) is -1.05. The number of carbonyl (C=O) groups excluding carboxylic acids is 5. The van der Waals surface area contributed by atoms with E-state index >= 15 is 0 Å². The number of methoxy groups -OCH3 is 1. The van der Waals surface area contributed by atoms with Crippen molar-refractivity contribution in [1.29, 1.82) is 0 Å². The van der Waals surface area contributed by atoms with Crippen molar-refractivity contribution < 1.29 is 47.7 Å². The van der Waals surface area contributed by atoms with Crippen LogP contribution in [0.1, 0.15) is 40.1 Å². The Balaban J connectivity index is 0.000000457. The Labute approximate surface area is 303 Å². The Hall–Kier alpha value is -6.81. The van der Waals surface area contributed by atoms with E-state index < -0.39 is 23.9 Å². The smallest absolute Gasteiger partial charge is 0.338 e. The molecule has 0 aliphatic rings. The summed E-state index contributed by atoms with van der Waals surface area (Å²) in [6.07, 6.45) is 4.82. The quantitative estimate of drug-likeness (QED) is 0.0442. The van der Waals surface area contributed by atoms with Crippen molar-refractivity contribution in [2.75, 3.05) is 13.7 Å². The summed E-state index contributed by atoms with van der Waals surface area (Å²) in [4.78, 5) is 57.0. The first-order valence-electron chi connectivity index (χ1n) is 15.7. The summed E-state index contributed by atoms with van der Waals surface area (Å²) in [5, 5.41) is 0. The molecule has 0 aliphatic heterocycles. The van der Waals surface area contributed by atoms with Crippen LogP contribution in [-0.4, -0.2) is 43.9 Å². The second-order valence-corrected chi connectivity index (χ2v) is 10.5. The molecule has 0 N–H and O–H groups in total. The van der Waals surface area contributed by atoms with E-state index in [2.05, 4.69) is 26.3 Å². The van der Waals surface area contributed by atoms with Gasteiger partial charge >= 0.3 is 23.9 Å². The molecule has 10 heteroatoms. The number of aldehydes is 1. The molecule has 0 spiro atoms. The lowest BCUT2D eigenvalue weighted by Gasteiger charge is -2.11. The Morgan fingerprint density at radius 2 is 1.21 bits per heavy atom. The summed E-state index contributed by atoms with van der Waals surface area (Å²) in [6, 6.07) is 25.7. The SMILES string of the molecule is C=C(C)C(=O)Oc1ccc(C=O)cc1.C=CC.C=CC(=O)Oc1ccc(CCOC(=O)c2ccc(-c3ccc(OC)cc3)cc2)cc1OC(=O)C=C. The second kappa shape index (κ2) is 22.0. The van der Waals surface area contributed by atoms with Crippen LogP contribution in [0.3, 0.4) is 0 Å². The Morgan fingerprint density at radius 3 is 1.71 bits per heavy atom. The van der Waals surface area contributed by atoms with Gasteiger partial charge in [-0.2, -0.15) is 0 Å². The Morgan fingerprint density at radius 1 is 0.692 bits per heavy atom. The van der Waals surface area contributed by atoms with Crippen molar-refractivity contribution in [1.82, 2.24) is 0 Å². The monoisotopic (exact) mass is 704 g/mol. The zero-order valence-corrected chi connectivity index (χ0v) is 29.3. The molecule has 52 heavy (non-hydrogen) atoms. The van der Waals surface area contributed by atoms with E-state index in [0.717, 1.165) is 35.3 Å². The fourth-order valence-corrected chi connectivity index (χ4v) is 3.91. The van der Waals surface area contributed by atoms with Crippen LogP contribution in [0, 0.1) is 0 Å². The van der Waals surface area contributed by atoms with E-state index in [0.29, 0.717) is 34.4 Å². The topological polar surface area (TPSA) is 132 Å². The fraction of sp³-hybridized carbons (Fsp3) is 0.119. The summed E-state index contributed by atoms with van der Waals surface area (Å²) in [6.45, 7) is 17.1. The van der Waals surface area contributed by atoms with E-state index in [1.165, 1.54) is 12.1 Å². The van der Waals surface area contributed by atoms with E-state index in [4.69, 9.17) is 23.7 Å². The predicted octanol–water partition coefficient (Wildman–Crippen LogP) is 8.12. The number of benzene rings is 4. The zero-order valence-electron chi connectivity index (χ0n) is 29.3. The Kier molecular flexibility index (Phi) is 17.5. The van der Waals surface area contributed by atoms with Gasteiger partial charge in [0.2, 0.25) is 0 Å².